The highest BCUT2D eigenvalue weighted by Gasteiger charge is 2.52. The molecule has 0 heterocycles. The zero-order valence-electron chi connectivity index (χ0n) is 13.2. The van der Waals surface area contributed by atoms with Crippen LogP contribution in [0, 0.1) is 0 Å². The normalized spacial score (nSPS) is 15.8. The number of amides is 1. The van der Waals surface area contributed by atoms with E-state index in [1.54, 1.807) is 39.0 Å². The van der Waals surface area contributed by atoms with Gasteiger partial charge in [0.05, 0.1) is 18.2 Å². The Hall–Kier alpha value is -2.24. The molecule has 6 heteroatoms. The molecule has 1 aliphatic rings. The van der Waals surface area contributed by atoms with Crippen LogP contribution in [0.2, 0.25) is 0 Å². The second-order valence-electron chi connectivity index (χ2n) is 6.43. The zero-order valence-corrected chi connectivity index (χ0v) is 13.2. The molecule has 0 atom stereocenters. The highest BCUT2D eigenvalue weighted by atomic mass is 16.6. The molecule has 0 saturated heterocycles. The number of hydrogen-bond acceptors (Lipinski definition) is 4. The molecule has 0 radical (unpaired) electrons. The van der Waals surface area contributed by atoms with Crippen molar-refractivity contribution in [3.8, 4) is 5.75 Å². The predicted octanol–water partition coefficient (Wildman–Crippen LogP) is 3.16. The fourth-order valence-corrected chi connectivity index (χ4v) is 2.26. The summed E-state index contributed by atoms with van der Waals surface area (Å²) in [6.45, 7) is 5.32. The van der Waals surface area contributed by atoms with E-state index in [-0.39, 0.29) is 0 Å². The number of hydrogen-bond donors (Lipinski definition) is 2. The number of nitrogens with one attached hydrogen (secondary N) is 1. The van der Waals surface area contributed by atoms with E-state index < -0.39 is 23.1 Å². The lowest BCUT2D eigenvalue weighted by molar-refractivity contribution is -0.140. The van der Waals surface area contributed by atoms with E-state index in [9.17, 15) is 14.7 Å². The van der Waals surface area contributed by atoms with Gasteiger partial charge in [0.1, 0.15) is 11.4 Å². The van der Waals surface area contributed by atoms with Crippen LogP contribution in [0.1, 0.15) is 39.2 Å². The van der Waals surface area contributed by atoms with Crippen LogP contribution in [-0.2, 0) is 14.9 Å². The number of methoxy groups -OCH3 is 1. The highest BCUT2D eigenvalue weighted by molar-refractivity contribution is 5.89. The van der Waals surface area contributed by atoms with Gasteiger partial charge in [-0.1, -0.05) is 6.07 Å². The molecule has 0 aromatic heterocycles. The molecule has 2 rings (SSSR count). The molecule has 0 aliphatic heterocycles. The van der Waals surface area contributed by atoms with Gasteiger partial charge in [-0.3, -0.25) is 10.1 Å². The summed E-state index contributed by atoms with van der Waals surface area (Å²) >= 11 is 0. The molecular weight excluding hydrogens is 286 g/mol. The van der Waals surface area contributed by atoms with Crippen molar-refractivity contribution >= 4 is 17.7 Å². The van der Waals surface area contributed by atoms with E-state index in [0.29, 0.717) is 29.8 Å². The van der Waals surface area contributed by atoms with Gasteiger partial charge in [-0.2, -0.15) is 0 Å². The molecule has 1 aromatic carbocycles. The van der Waals surface area contributed by atoms with E-state index >= 15 is 0 Å². The van der Waals surface area contributed by atoms with Crippen LogP contribution in [-0.4, -0.2) is 29.9 Å². The largest absolute Gasteiger partial charge is 0.495 e. The summed E-state index contributed by atoms with van der Waals surface area (Å²) in [5, 5.41) is 11.9. The lowest BCUT2D eigenvalue weighted by Gasteiger charge is -2.20. The maximum absolute atomic E-state index is 11.8. The lowest BCUT2D eigenvalue weighted by atomic mass is 9.95. The van der Waals surface area contributed by atoms with Crippen LogP contribution in [0.3, 0.4) is 0 Å². The smallest absolute Gasteiger partial charge is 0.412 e. The molecule has 1 aliphatic carbocycles. The number of carboxylic acid groups (broad SMARTS) is 1. The Morgan fingerprint density at radius 1 is 1.27 bits per heavy atom. The molecule has 22 heavy (non-hydrogen) atoms. The fraction of sp³-hybridized carbons (Fsp3) is 0.500. The van der Waals surface area contributed by atoms with Crippen LogP contribution < -0.4 is 10.1 Å². The maximum atomic E-state index is 11.8. The fourth-order valence-electron chi connectivity index (χ4n) is 2.26. The van der Waals surface area contributed by atoms with Gasteiger partial charge in [0.25, 0.3) is 0 Å². The third-order valence-electron chi connectivity index (χ3n) is 3.55. The Morgan fingerprint density at radius 2 is 1.91 bits per heavy atom. The quantitative estimate of drug-likeness (QED) is 0.892. The van der Waals surface area contributed by atoms with Crippen LogP contribution in [0.15, 0.2) is 18.2 Å². The summed E-state index contributed by atoms with van der Waals surface area (Å²) in [6.07, 6.45) is 0.646. The molecule has 1 amide bonds. The van der Waals surface area contributed by atoms with Crippen molar-refractivity contribution in [2.75, 3.05) is 12.4 Å². The third kappa shape index (κ3) is 3.32. The summed E-state index contributed by atoms with van der Waals surface area (Å²) in [4.78, 5) is 23.2. The summed E-state index contributed by atoms with van der Waals surface area (Å²) in [5.41, 5.74) is -0.274. The van der Waals surface area contributed by atoms with Crippen molar-refractivity contribution in [2.45, 2.75) is 44.6 Å². The first-order valence-corrected chi connectivity index (χ1v) is 7.10. The standard InChI is InChI=1S/C16H21NO5/c1-15(2,3)22-14(20)17-11-6-5-10(9-12(11)21-4)16(7-8-16)13(18)19/h5-6,9H,7-8H2,1-4H3,(H,17,20)(H,18,19). The van der Waals surface area contributed by atoms with Crippen molar-refractivity contribution in [3.63, 3.8) is 0 Å². The molecule has 120 valence electrons. The van der Waals surface area contributed by atoms with Crippen molar-refractivity contribution in [1.29, 1.82) is 0 Å². The van der Waals surface area contributed by atoms with Crippen molar-refractivity contribution < 1.29 is 24.2 Å². The van der Waals surface area contributed by atoms with Gasteiger partial charge >= 0.3 is 12.1 Å². The van der Waals surface area contributed by atoms with Crippen molar-refractivity contribution in [3.05, 3.63) is 23.8 Å². The monoisotopic (exact) mass is 307 g/mol. The molecule has 0 unspecified atom stereocenters. The average molecular weight is 307 g/mol. The first-order valence-electron chi connectivity index (χ1n) is 7.10. The molecule has 1 fully saturated rings. The first kappa shape index (κ1) is 16.1. The van der Waals surface area contributed by atoms with Gasteiger partial charge in [-0.15, -0.1) is 0 Å². The summed E-state index contributed by atoms with van der Waals surface area (Å²) in [6, 6.07) is 5.01. The lowest BCUT2D eigenvalue weighted by Crippen LogP contribution is -2.27. The molecule has 0 spiro atoms. The number of anilines is 1. The van der Waals surface area contributed by atoms with E-state index in [4.69, 9.17) is 9.47 Å². The highest BCUT2D eigenvalue weighted by Crippen LogP contribution is 2.49. The Labute approximate surface area is 129 Å². The number of benzene rings is 1. The minimum Gasteiger partial charge on any atom is -0.495 e. The molecule has 2 N–H and O–H groups in total. The van der Waals surface area contributed by atoms with Crippen LogP contribution >= 0.6 is 0 Å². The third-order valence-corrected chi connectivity index (χ3v) is 3.55. The van der Waals surface area contributed by atoms with Gasteiger partial charge in [0, 0.05) is 0 Å². The zero-order chi connectivity index (χ0) is 16.5. The topological polar surface area (TPSA) is 84.9 Å². The van der Waals surface area contributed by atoms with Crippen LogP contribution in [0.5, 0.6) is 5.75 Å². The Morgan fingerprint density at radius 3 is 2.36 bits per heavy atom. The van der Waals surface area contributed by atoms with E-state index in [1.807, 2.05) is 0 Å². The maximum Gasteiger partial charge on any atom is 0.412 e. The second-order valence-corrected chi connectivity index (χ2v) is 6.43. The predicted molar refractivity (Wildman–Crippen MR) is 81.4 cm³/mol. The molecule has 6 nitrogen and oxygen atoms in total. The molecule has 0 bridgehead atoms. The summed E-state index contributed by atoms with van der Waals surface area (Å²) in [5.74, 6) is -0.418. The first-order chi connectivity index (χ1) is 10.2. The van der Waals surface area contributed by atoms with Gasteiger partial charge in [0.15, 0.2) is 0 Å². The van der Waals surface area contributed by atoms with Gasteiger partial charge < -0.3 is 14.6 Å². The SMILES string of the molecule is COc1cc(C2(C(=O)O)CC2)ccc1NC(=O)OC(C)(C)C. The molecular formula is C16H21NO5. The Kier molecular flexibility index (Phi) is 4.04. The van der Waals surface area contributed by atoms with E-state index in [1.165, 1.54) is 7.11 Å². The number of carbonyl (C=O) groups excluding carboxylic acids is 1. The Bertz CT molecular complexity index is 599. The number of carboxylic acids is 1. The van der Waals surface area contributed by atoms with Crippen LogP contribution in [0.25, 0.3) is 0 Å². The molecule has 1 aromatic rings. The van der Waals surface area contributed by atoms with E-state index in [2.05, 4.69) is 5.32 Å². The van der Waals surface area contributed by atoms with Gasteiger partial charge in [0.2, 0.25) is 0 Å². The average Bonchev–Trinajstić information content (AvgIpc) is 3.18. The van der Waals surface area contributed by atoms with Crippen LogP contribution in [0.4, 0.5) is 10.5 Å². The molecule has 1 saturated carbocycles. The number of aliphatic carboxylic acids is 1. The summed E-state index contributed by atoms with van der Waals surface area (Å²) in [7, 11) is 1.47. The minimum absolute atomic E-state index is 0.413. The Balaban J connectivity index is 2.20. The minimum atomic E-state index is -0.831. The number of rotatable bonds is 4. The van der Waals surface area contributed by atoms with Crippen molar-refractivity contribution in [2.24, 2.45) is 0 Å². The number of carbonyl (C=O) groups is 2. The van der Waals surface area contributed by atoms with Crippen molar-refractivity contribution in [1.82, 2.24) is 0 Å². The second kappa shape index (κ2) is 5.51. The van der Waals surface area contributed by atoms with Gasteiger partial charge in [-0.25, -0.2) is 4.79 Å². The number of ether oxygens (including phenoxy) is 2. The van der Waals surface area contributed by atoms with E-state index in [0.717, 1.165) is 0 Å². The van der Waals surface area contributed by atoms with Gasteiger partial charge in [-0.05, 0) is 51.3 Å². The summed E-state index contributed by atoms with van der Waals surface area (Å²) < 4.78 is 10.4.